The predicted molar refractivity (Wildman–Crippen MR) is 124 cm³/mol. The fraction of sp³-hybridized carbons (Fsp3) is 0.524. The summed E-state index contributed by atoms with van der Waals surface area (Å²) in [6, 6.07) is 4.56. The van der Waals surface area contributed by atoms with Gasteiger partial charge in [-0.25, -0.2) is 18.5 Å². The number of carbonyl (C=O) groups is 1. The minimum absolute atomic E-state index is 0.0493. The van der Waals surface area contributed by atoms with Crippen molar-refractivity contribution in [2.45, 2.75) is 24.8 Å². The van der Waals surface area contributed by atoms with Crippen molar-refractivity contribution in [1.82, 2.24) is 14.8 Å². The first-order valence-electron chi connectivity index (χ1n) is 10.8. The Bertz CT molecular complexity index is 1060. The number of hydrogen-bond donors (Lipinski definition) is 1. The van der Waals surface area contributed by atoms with E-state index in [-0.39, 0.29) is 10.8 Å². The number of ether oxygens (including phenoxy) is 1. The highest BCUT2D eigenvalue weighted by atomic mass is 32.2. The molecular weight excluding hydrogens is 450 g/mol. The first-order valence-corrected chi connectivity index (χ1v) is 13.2. The number of hydrogen-bond acceptors (Lipinski definition) is 8. The van der Waals surface area contributed by atoms with E-state index in [0.29, 0.717) is 45.0 Å². The van der Waals surface area contributed by atoms with E-state index in [4.69, 9.17) is 9.88 Å². The van der Waals surface area contributed by atoms with Crippen molar-refractivity contribution in [1.29, 1.82) is 0 Å². The largest absolute Gasteiger partial charge is 0.378 e. The lowest BCUT2D eigenvalue weighted by molar-refractivity contribution is 0.0626. The van der Waals surface area contributed by atoms with Crippen LogP contribution in [-0.4, -0.2) is 81.6 Å². The Morgan fingerprint density at radius 3 is 2.50 bits per heavy atom. The molecule has 2 fully saturated rings. The molecule has 174 valence electrons. The number of anilines is 1. The number of nitrogens with zero attached hydrogens (tertiary/aromatic N) is 4. The number of aryl methyl sites for hydroxylation is 1. The Hall–Kier alpha value is -2.05. The maximum absolute atomic E-state index is 13.5. The molecule has 2 aromatic rings. The van der Waals surface area contributed by atoms with E-state index in [9.17, 15) is 13.2 Å². The number of primary sulfonamides is 1. The fourth-order valence-corrected chi connectivity index (χ4v) is 5.31. The van der Waals surface area contributed by atoms with Crippen molar-refractivity contribution < 1.29 is 17.9 Å². The maximum Gasteiger partial charge on any atom is 0.256 e. The number of piperazine rings is 1. The highest BCUT2D eigenvalue weighted by Gasteiger charge is 2.27. The summed E-state index contributed by atoms with van der Waals surface area (Å²) in [5.74, 6) is -0.168. The molecule has 4 rings (SSSR count). The lowest BCUT2D eigenvalue weighted by atomic mass is 10.1. The molecule has 0 spiro atoms. The monoisotopic (exact) mass is 479 g/mol. The first kappa shape index (κ1) is 23.1. The van der Waals surface area contributed by atoms with Crippen LogP contribution in [0.4, 0.5) is 5.69 Å². The number of thiazole rings is 1. The van der Waals surface area contributed by atoms with Crippen LogP contribution in [0.1, 0.15) is 28.0 Å². The number of sulfonamides is 1. The van der Waals surface area contributed by atoms with Crippen molar-refractivity contribution in [3.63, 3.8) is 0 Å². The van der Waals surface area contributed by atoms with Crippen LogP contribution in [0.15, 0.2) is 28.5 Å². The summed E-state index contributed by atoms with van der Waals surface area (Å²) in [4.78, 5) is 24.2. The molecule has 32 heavy (non-hydrogen) atoms. The van der Waals surface area contributed by atoms with Crippen LogP contribution in [-0.2, 0) is 27.7 Å². The SMILES string of the molecule is CCc1nc(CN2CCN(C(=O)c3cc(S(N)(=O)=O)ccc3N3CCOCC3)CC2)cs1. The minimum atomic E-state index is -3.91. The standard InChI is InChI=1S/C21H29N5O4S2/c1-2-20-23-16(15-31-20)14-24-5-7-26(8-6-24)21(27)18-13-17(32(22,28)29)3-4-19(18)25-9-11-30-12-10-25/h3-4,13,15H,2,5-12,14H2,1H3,(H2,22,28,29). The van der Waals surface area contributed by atoms with Crippen molar-refractivity contribution in [3.8, 4) is 0 Å². The number of morpholine rings is 1. The Morgan fingerprint density at radius 2 is 1.88 bits per heavy atom. The van der Waals surface area contributed by atoms with Gasteiger partial charge in [0.2, 0.25) is 10.0 Å². The highest BCUT2D eigenvalue weighted by molar-refractivity contribution is 7.89. The minimum Gasteiger partial charge on any atom is -0.378 e. The van der Waals surface area contributed by atoms with Crippen LogP contribution in [0, 0.1) is 0 Å². The molecule has 3 heterocycles. The topological polar surface area (TPSA) is 109 Å². The maximum atomic E-state index is 13.5. The van der Waals surface area contributed by atoms with E-state index in [0.717, 1.165) is 42.4 Å². The van der Waals surface area contributed by atoms with E-state index < -0.39 is 10.0 Å². The third-order valence-electron chi connectivity index (χ3n) is 5.83. The zero-order valence-electron chi connectivity index (χ0n) is 18.2. The molecule has 0 aliphatic carbocycles. The number of amides is 1. The molecule has 1 aromatic heterocycles. The number of carbonyl (C=O) groups excluding carboxylic acids is 1. The summed E-state index contributed by atoms with van der Waals surface area (Å²) in [5.41, 5.74) is 2.17. The predicted octanol–water partition coefficient (Wildman–Crippen LogP) is 1.15. The van der Waals surface area contributed by atoms with Gasteiger partial charge in [-0.1, -0.05) is 6.92 Å². The Morgan fingerprint density at radius 1 is 1.16 bits per heavy atom. The second-order valence-corrected chi connectivity index (χ2v) is 10.5. The van der Waals surface area contributed by atoms with Gasteiger partial charge in [-0.3, -0.25) is 9.69 Å². The van der Waals surface area contributed by atoms with Crippen molar-refractivity contribution in [2.24, 2.45) is 5.14 Å². The molecule has 2 aliphatic heterocycles. The van der Waals surface area contributed by atoms with Gasteiger partial charge >= 0.3 is 0 Å². The molecule has 0 atom stereocenters. The van der Waals surface area contributed by atoms with Gasteiger partial charge in [0, 0.05) is 56.9 Å². The summed E-state index contributed by atoms with van der Waals surface area (Å²) < 4.78 is 29.3. The molecule has 1 amide bonds. The first-order chi connectivity index (χ1) is 15.3. The highest BCUT2D eigenvalue weighted by Crippen LogP contribution is 2.27. The fourth-order valence-electron chi connectivity index (χ4n) is 4.04. The van der Waals surface area contributed by atoms with E-state index in [1.165, 1.54) is 12.1 Å². The van der Waals surface area contributed by atoms with Gasteiger partial charge in [0.05, 0.1) is 34.4 Å². The van der Waals surface area contributed by atoms with Crippen LogP contribution in [0.25, 0.3) is 0 Å². The smallest absolute Gasteiger partial charge is 0.256 e. The van der Waals surface area contributed by atoms with Crippen molar-refractivity contribution in [3.05, 3.63) is 39.8 Å². The van der Waals surface area contributed by atoms with Crippen LogP contribution in [0.5, 0.6) is 0 Å². The Balaban J connectivity index is 1.49. The Kier molecular flexibility index (Phi) is 7.11. The lowest BCUT2D eigenvalue weighted by Crippen LogP contribution is -2.48. The molecular formula is C21H29N5O4S2. The molecule has 9 nitrogen and oxygen atoms in total. The average Bonchev–Trinajstić information content (AvgIpc) is 3.26. The van der Waals surface area contributed by atoms with Gasteiger partial charge in [-0.2, -0.15) is 0 Å². The van der Waals surface area contributed by atoms with Gasteiger partial charge in [0.15, 0.2) is 0 Å². The number of benzene rings is 1. The van der Waals surface area contributed by atoms with Crippen molar-refractivity contribution in [2.75, 3.05) is 57.4 Å². The van der Waals surface area contributed by atoms with Crippen LogP contribution >= 0.6 is 11.3 Å². The van der Waals surface area contributed by atoms with Crippen LogP contribution < -0.4 is 10.0 Å². The molecule has 0 radical (unpaired) electrons. The van der Waals surface area contributed by atoms with Crippen molar-refractivity contribution >= 4 is 33.0 Å². The second kappa shape index (κ2) is 9.84. The second-order valence-electron chi connectivity index (χ2n) is 7.98. The van der Waals surface area contributed by atoms with E-state index >= 15 is 0 Å². The quantitative estimate of drug-likeness (QED) is 0.662. The van der Waals surface area contributed by atoms with Gasteiger partial charge in [0.25, 0.3) is 5.91 Å². The average molecular weight is 480 g/mol. The molecule has 0 saturated carbocycles. The zero-order valence-corrected chi connectivity index (χ0v) is 19.8. The van der Waals surface area contributed by atoms with Gasteiger partial charge in [0.1, 0.15) is 0 Å². The molecule has 1 aromatic carbocycles. The molecule has 2 N–H and O–H groups in total. The van der Waals surface area contributed by atoms with E-state index in [1.54, 1.807) is 22.3 Å². The normalized spacial score (nSPS) is 18.2. The summed E-state index contributed by atoms with van der Waals surface area (Å²) in [6.07, 6.45) is 0.940. The molecule has 2 saturated heterocycles. The van der Waals surface area contributed by atoms with Gasteiger partial charge in [-0.15, -0.1) is 11.3 Å². The number of nitrogens with two attached hydrogens (primary N) is 1. The summed E-state index contributed by atoms with van der Waals surface area (Å²) in [6.45, 7) is 7.95. The van der Waals surface area contributed by atoms with E-state index in [2.05, 4.69) is 27.1 Å². The molecule has 2 aliphatic rings. The van der Waals surface area contributed by atoms with Gasteiger partial charge in [-0.05, 0) is 24.6 Å². The summed E-state index contributed by atoms with van der Waals surface area (Å²) >= 11 is 1.68. The Labute approximate surface area is 192 Å². The lowest BCUT2D eigenvalue weighted by Gasteiger charge is -2.36. The van der Waals surface area contributed by atoms with Gasteiger partial charge < -0.3 is 14.5 Å². The summed E-state index contributed by atoms with van der Waals surface area (Å²) in [5, 5.41) is 8.58. The third kappa shape index (κ3) is 5.29. The van der Waals surface area contributed by atoms with E-state index in [1.807, 2.05) is 0 Å². The van der Waals surface area contributed by atoms with Crippen LogP contribution in [0.2, 0.25) is 0 Å². The third-order valence-corrected chi connectivity index (χ3v) is 7.78. The number of aromatic nitrogens is 1. The number of rotatable bonds is 6. The summed E-state index contributed by atoms with van der Waals surface area (Å²) in [7, 11) is -3.91. The van der Waals surface area contributed by atoms with Crippen LogP contribution in [0.3, 0.4) is 0 Å². The molecule has 11 heteroatoms. The zero-order chi connectivity index (χ0) is 22.7. The molecule has 0 bridgehead atoms. The molecule has 0 unspecified atom stereocenters.